The summed E-state index contributed by atoms with van der Waals surface area (Å²) in [5.41, 5.74) is 0.555. The van der Waals surface area contributed by atoms with Gasteiger partial charge in [-0.05, 0) is 24.6 Å². The second kappa shape index (κ2) is 7.21. The molecule has 2 aromatic rings. The molecule has 1 heterocycles. The van der Waals surface area contributed by atoms with Crippen LogP contribution in [-0.4, -0.2) is 23.5 Å². The summed E-state index contributed by atoms with van der Waals surface area (Å²) in [6, 6.07) is 6.86. The Morgan fingerprint density at radius 1 is 1.27 bits per heavy atom. The highest BCUT2D eigenvalue weighted by atomic mass is 16.4. The molecule has 1 aromatic carbocycles. The van der Waals surface area contributed by atoms with E-state index in [0.717, 1.165) is 0 Å². The number of carbonyl (C=O) groups is 2. The van der Waals surface area contributed by atoms with Crippen LogP contribution in [0.3, 0.4) is 0 Å². The highest BCUT2D eigenvalue weighted by Gasteiger charge is 2.04. The van der Waals surface area contributed by atoms with E-state index in [-0.39, 0.29) is 24.0 Å². The number of carboxylic acids is 1. The van der Waals surface area contributed by atoms with E-state index < -0.39 is 11.9 Å². The highest BCUT2D eigenvalue weighted by Crippen LogP contribution is 2.10. The summed E-state index contributed by atoms with van der Waals surface area (Å²) in [5.74, 6) is -1.29. The molecular weight excluding hydrogens is 286 g/mol. The molecule has 0 radical (unpaired) electrons. The lowest BCUT2D eigenvalue weighted by Gasteiger charge is -2.00. The molecule has 0 aliphatic carbocycles. The fourth-order valence-corrected chi connectivity index (χ4v) is 1.88. The molecule has 2 N–H and O–H groups in total. The number of hydrogen-bond donors (Lipinski definition) is 2. The number of benzene rings is 1. The molecule has 0 aliphatic heterocycles. The number of carboxylic acid groups (broad SMARTS) is 1. The van der Waals surface area contributed by atoms with Gasteiger partial charge in [-0.15, -0.1) is 0 Å². The molecule has 0 fully saturated rings. The zero-order valence-corrected chi connectivity index (χ0v) is 11.7. The van der Waals surface area contributed by atoms with Gasteiger partial charge in [-0.1, -0.05) is 12.1 Å². The highest BCUT2D eigenvalue weighted by molar-refractivity contribution is 5.92. The number of hydrogen-bond acceptors (Lipinski definition) is 4. The summed E-state index contributed by atoms with van der Waals surface area (Å²) in [7, 11) is 0. The summed E-state index contributed by atoms with van der Waals surface area (Å²) in [6.45, 7) is 0.266. The SMILES string of the molecule is O=C(O)CCCNC(=O)/C=C/c1coc2ccccc2c1=O. The lowest BCUT2D eigenvalue weighted by atomic mass is 10.1. The molecule has 22 heavy (non-hydrogen) atoms. The predicted molar refractivity (Wildman–Crippen MR) is 81.4 cm³/mol. The first-order valence-corrected chi connectivity index (χ1v) is 6.76. The summed E-state index contributed by atoms with van der Waals surface area (Å²) in [4.78, 5) is 34.1. The van der Waals surface area contributed by atoms with Crippen molar-refractivity contribution in [3.8, 4) is 0 Å². The maximum atomic E-state index is 12.2. The first kappa shape index (κ1) is 15.5. The van der Waals surface area contributed by atoms with Crippen molar-refractivity contribution < 1.29 is 19.1 Å². The molecule has 0 spiro atoms. The number of amides is 1. The van der Waals surface area contributed by atoms with Crippen molar-refractivity contribution in [1.29, 1.82) is 0 Å². The third kappa shape index (κ3) is 4.05. The smallest absolute Gasteiger partial charge is 0.303 e. The monoisotopic (exact) mass is 301 g/mol. The molecule has 1 aromatic heterocycles. The van der Waals surface area contributed by atoms with Gasteiger partial charge < -0.3 is 14.8 Å². The van der Waals surface area contributed by atoms with Gasteiger partial charge in [0.1, 0.15) is 11.8 Å². The predicted octanol–water partition coefficient (Wildman–Crippen LogP) is 1.79. The van der Waals surface area contributed by atoms with E-state index in [2.05, 4.69) is 5.32 Å². The summed E-state index contributed by atoms with van der Waals surface area (Å²) < 4.78 is 5.33. The van der Waals surface area contributed by atoms with Crippen LogP contribution in [0.4, 0.5) is 0 Å². The molecule has 0 unspecified atom stereocenters. The van der Waals surface area contributed by atoms with E-state index >= 15 is 0 Å². The Balaban J connectivity index is 2.01. The average molecular weight is 301 g/mol. The van der Waals surface area contributed by atoms with Crippen molar-refractivity contribution in [3.05, 3.63) is 52.4 Å². The molecule has 1 amide bonds. The molecular formula is C16H15NO5. The van der Waals surface area contributed by atoms with Gasteiger partial charge in [0, 0.05) is 19.0 Å². The van der Waals surface area contributed by atoms with E-state index in [9.17, 15) is 14.4 Å². The molecule has 0 aliphatic rings. The van der Waals surface area contributed by atoms with Gasteiger partial charge in [0.25, 0.3) is 0 Å². The van der Waals surface area contributed by atoms with Crippen LogP contribution in [0.2, 0.25) is 0 Å². The minimum absolute atomic E-state index is 0.00173. The van der Waals surface area contributed by atoms with E-state index in [0.29, 0.717) is 17.4 Å². The molecule has 0 saturated heterocycles. The third-order valence-electron chi connectivity index (χ3n) is 2.99. The number of nitrogens with one attached hydrogen (secondary N) is 1. The van der Waals surface area contributed by atoms with Crippen molar-refractivity contribution in [2.75, 3.05) is 6.54 Å². The second-order valence-corrected chi connectivity index (χ2v) is 4.64. The molecule has 6 nitrogen and oxygen atoms in total. The lowest BCUT2D eigenvalue weighted by molar-refractivity contribution is -0.137. The van der Waals surface area contributed by atoms with Crippen LogP contribution in [0, 0.1) is 0 Å². The van der Waals surface area contributed by atoms with Gasteiger partial charge in [-0.3, -0.25) is 14.4 Å². The van der Waals surface area contributed by atoms with Crippen molar-refractivity contribution in [3.63, 3.8) is 0 Å². The number of para-hydroxylation sites is 1. The fraction of sp³-hybridized carbons (Fsp3) is 0.188. The third-order valence-corrected chi connectivity index (χ3v) is 2.99. The summed E-state index contributed by atoms with van der Waals surface area (Å²) >= 11 is 0. The molecule has 6 heteroatoms. The van der Waals surface area contributed by atoms with E-state index in [1.807, 2.05) is 0 Å². The molecule has 0 atom stereocenters. The van der Waals surface area contributed by atoms with Crippen molar-refractivity contribution in [2.45, 2.75) is 12.8 Å². The minimum Gasteiger partial charge on any atom is -0.481 e. The number of carbonyl (C=O) groups excluding carboxylic acids is 1. The topological polar surface area (TPSA) is 96.6 Å². The van der Waals surface area contributed by atoms with Crippen LogP contribution in [0.15, 0.2) is 45.8 Å². The van der Waals surface area contributed by atoms with Gasteiger partial charge >= 0.3 is 5.97 Å². The first-order valence-electron chi connectivity index (χ1n) is 6.76. The van der Waals surface area contributed by atoms with Gasteiger partial charge in [-0.2, -0.15) is 0 Å². The molecule has 114 valence electrons. The van der Waals surface area contributed by atoms with Crippen LogP contribution in [-0.2, 0) is 9.59 Å². The summed E-state index contributed by atoms with van der Waals surface area (Å²) in [5, 5.41) is 11.5. The van der Waals surface area contributed by atoms with Crippen LogP contribution >= 0.6 is 0 Å². The van der Waals surface area contributed by atoms with Crippen LogP contribution in [0.5, 0.6) is 0 Å². The quantitative estimate of drug-likeness (QED) is 0.626. The van der Waals surface area contributed by atoms with Gasteiger partial charge in [0.2, 0.25) is 5.91 Å². The molecule has 0 saturated carbocycles. The van der Waals surface area contributed by atoms with Crippen LogP contribution in [0.1, 0.15) is 18.4 Å². The minimum atomic E-state index is -0.904. The van der Waals surface area contributed by atoms with Gasteiger partial charge in [-0.25, -0.2) is 0 Å². The maximum Gasteiger partial charge on any atom is 0.303 e. The van der Waals surface area contributed by atoms with E-state index in [1.54, 1.807) is 24.3 Å². The summed E-state index contributed by atoms with van der Waals surface area (Å²) in [6.07, 6.45) is 4.26. The van der Waals surface area contributed by atoms with E-state index in [1.165, 1.54) is 18.4 Å². The van der Waals surface area contributed by atoms with Crippen molar-refractivity contribution in [1.82, 2.24) is 5.32 Å². The fourth-order valence-electron chi connectivity index (χ4n) is 1.88. The number of aliphatic carboxylic acids is 1. The van der Waals surface area contributed by atoms with E-state index in [4.69, 9.17) is 9.52 Å². The van der Waals surface area contributed by atoms with Crippen LogP contribution < -0.4 is 10.7 Å². The Morgan fingerprint density at radius 2 is 2.05 bits per heavy atom. The Labute approximate surface area is 126 Å². The van der Waals surface area contributed by atoms with Crippen molar-refractivity contribution in [2.24, 2.45) is 0 Å². The Bertz CT molecular complexity index is 775. The number of rotatable bonds is 6. The molecule has 2 rings (SSSR count). The van der Waals surface area contributed by atoms with Gasteiger partial charge in [0.15, 0.2) is 5.43 Å². The Hall–Kier alpha value is -2.89. The Morgan fingerprint density at radius 3 is 2.82 bits per heavy atom. The first-order chi connectivity index (χ1) is 10.6. The Kier molecular flexibility index (Phi) is 5.08. The van der Waals surface area contributed by atoms with Gasteiger partial charge in [0.05, 0.1) is 10.9 Å². The maximum absolute atomic E-state index is 12.2. The van der Waals surface area contributed by atoms with Crippen LogP contribution in [0.25, 0.3) is 17.0 Å². The average Bonchev–Trinajstić information content (AvgIpc) is 2.51. The molecule has 0 bridgehead atoms. The zero-order valence-electron chi connectivity index (χ0n) is 11.7. The zero-order chi connectivity index (χ0) is 15.9. The number of fused-ring (bicyclic) bond motifs is 1. The largest absolute Gasteiger partial charge is 0.481 e. The standard InChI is InChI=1S/C16H15NO5/c18-14(17-9-3-6-15(19)20)8-7-11-10-22-13-5-2-1-4-12(13)16(11)21/h1-2,4-5,7-8,10H,3,6,9H2,(H,17,18)(H,19,20)/b8-7+. The second-order valence-electron chi connectivity index (χ2n) is 4.64. The lowest BCUT2D eigenvalue weighted by Crippen LogP contribution is -2.22. The van der Waals surface area contributed by atoms with Crippen molar-refractivity contribution >= 4 is 28.9 Å². The normalized spacial score (nSPS) is 10.9.